The molecule has 0 saturated heterocycles. The molecule has 2 N–H and O–H groups in total. The van der Waals surface area contributed by atoms with E-state index in [1.807, 2.05) is 0 Å². The summed E-state index contributed by atoms with van der Waals surface area (Å²) in [5.41, 5.74) is 0.162. The first kappa shape index (κ1) is 15.3. The van der Waals surface area contributed by atoms with Crippen LogP contribution in [0.3, 0.4) is 0 Å². The lowest BCUT2D eigenvalue weighted by Gasteiger charge is -2.41. The van der Waals surface area contributed by atoms with Gasteiger partial charge in [-0.2, -0.15) is 4.65 Å². The van der Waals surface area contributed by atoms with Gasteiger partial charge in [-0.25, -0.2) is 5.21 Å². The van der Waals surface area contributed by atoms with Gasteiger partial charge in [-0.1, -0.05) is 43.5 Å². The number of aliphatic hydroxyl groups is 1. The third-order valence-corrected chi connectivity index (χ3v) is 4.28. The number of benzene rings is 1. The minimum absolute atomic E-state index is 0.0270. The zero-order valence-corrected chi connectivity index (χ0v) is 12.4. The fraction of sp³-hybridized carbons (Fsp3) is 0.625. The van der Waals surface area contributed by atoms with Gasteiger partial charge in [0.2, 0.25) is 0 Å². The molecule has 20 heavy (non-hydrogen) atoms. The van der Waals surface area contributed by atoms with E-state index in [0.717, 1.165) is 37.7 Å². The summed E-state index contributed by atoms with van der Waals surface area (Å²) in [5.74, 6) is -0.177. The maximum atomic E-state index is 11.3. The third-order valence-electron chi connectivity index (χ3n) is 4.28. The van der Waals surface area contributed by atoms with Crippen molar-refractivity contribution in [1.29, 1.82) is 0 Å². The van der Waals surface area contributed by atoms with Crippen molar-refractivity contribution in [3.8, 4) is 5.75 Å². The summed E-state index contributed by atoms with van der Waals surface area (Å²) in [5, 5.41) is 32.4. The standard InChI is InChI=1S/C16H25NO3/c1-17(2,20)12-15(13-6-8-14(18)9-7-13)16(19)10-4-3-5-11-16/h6-9,15,19-20H,3-5,10-12H2,1-2H3. The van der Waals surface area contributed by atoms with Crippen LogP contribution in [0.5, 0.6) is 5.75 Å². The Morgan fingerprint density at radius 2 is 1.70 bits per heavy atom. The lowest BCUT2D eigenvalue weighted by molar-refractivity contribution is -1.07. The second-order valence-electron chi connectivity index (χ2n) is 6.59. The van der Waals surface area contributed by atoms with Crippen LogP contribution in [0, 0.1) is 0 Å². The Balaban J connectivity index is 2.31. The van der Waals surface area contributed by atoms with E-state index in [9.17, 15) is 15.4 Å². The van der Waals surface area contributed by atoms with E-state index in [4.69, 9.17) is 0 Å². The molecule has 0 spiro atoms. The van der Waals surface area contributed by atoms with Crippen LogP contribution in [-0.4, -0.2) is 41.2 Å². The van der Waals surface area contributed by atoms with Crippen molar-refractivity contribution in [2.75, 3.05) is 20.6 Å². The normalized spacial score (nSPS) is 20.6. The van der Waals surface area contributed by atoms with Crippen molar-refractivity contribution in [2.24, 2.45) is 0 Å². The monoisotopic (exact) mass is 279 g/mol. The van der Waals surface area contributed by atoms with Gasteiger partial charge in [0.15, 0.2) is 0 Å². The molecule has 112 valence electrons. The summed E-state index contributed by atoms with van der Waals surface area (Å²) < 4.78 is -0.188. The number of hydroxylamine groups is 3. The topological polar surface area (TPSA) is 63.5 Å². The van der Waals surface area contributed by atoms with Crippen LogP contribution in [0.15, 0.2) is 24.3 Å². The molecular formula is C16H25NO3. The van der Waals surface area contributed by atoms with E-state index in [0.29, 0.717) is 6.54 Å². The minimum Gasteiger partial charge on any atom is -0.872 e. The first-order chi connectivity index (χ1) is 9.30. The lowest BCUT2D eigenvalue weighted by atomic mass is 9.72. The van der Waals surface area contributed by atoms with Gasteiger partial charge in [-0.05, 0) is 18.4 Å². The highest BCUT2D eigenvalue weighted by molar-refractivity contribution is 5.29. The predicted molar refractivity (Wildman–Crippen MR) is 75.4 cm³/mol. The van der Waals surface area contributed by atoms with Gasteiger partial charge in [0.05, 0.1) is 25.6 Å². The molecule has 0 aromatic heterocycles. The lowest BCUT2D eigenvalue weighted by Crippen LogP contribution is -2.48. The molecule has 1 aliphatic rings. The number of nitrogens with zero attached hydrogens (tertiary/aromatic N) is 1. The van der Waals surface area contributed by atoms with Crippen LogP contribution >= 0.6 is 0 Å². The molecule has 4 heteroatoms. The Kier molecular flexibility index (Phi) is 4.37. The van der Waals surface area contributed by atoms with Crippen molar-refractivity contribution in [1.82, 2.24) is 0 Å². The molecule has 1 atom stereocenters. The van der Waals surface area contributed by atoms with Crippen molar-refractivity contribution in [2.45, 2.75) is 43.6 Å². The first-order valence-corrected chi connectivity index (χ1v) is 7.35. The summed E-state index contributed by atoms with van der Waals surface area (Å²) in [6.07, 6.45) is 4.72. The smallest absolute Gasteiger partial charge is 0.118 e. The highest BCUT2D eigenvalue weighted by Gasteiger charge is 2.42. The fourth-order valence-electron chi connectivity index (χ4n) is 3.24. The van der Waals surface area contributed by atoms with Crippen molar-refractivity contribution >= 4 is 0 Å². The molecule has 0 aliphatic heterocycles. The zero-order valence-electron chi connectivity index (χ0n) is 12.4. The van der Waals surface area contributed by atoms with E-state index < -0.39 is 5.60 Å². The molecule has 4 nitrogen and oxygen atoms in total. The molecule has 1 unspecified atom stereocenters. The average Bonchev–Trinajstić information content (AvgIpc) is 2.37. The van der Waals surface area contributed by atoms with Gasteiger partial charge in [0.1, 0.15) is 6.54 Å². The van der Waals surface area contributed by atoms with E-state index >= 15 is 0 Å². The summed E-state index contributed by atoms with van der Waals surface area (Å²) in [6, 6.07) is 6.64. The molecule has 1 saturated carbocycles. The number of likely N-dealkylation sites (N-methyl/N-ethyl adjacent to an activating group) is 1. The maximum absolute atomic E-state index is 11.3. The molecule has 1 aromatic rings. The Morgan fingerprint density at radius 3 is 2.20 bits per heavy atom. The zero-order chi connectivity index (χ0) is 14.8. The van der Waals surface area contributed by atoms with Crippen LogP contribution in [0.4, 0.5) is 0 Å². The largest absolute Gasteiger partial charge is 0.872 e. The first-order valence-electron chi connectivity index (χ1n) is 7.35. The van der Waals surface area contributed by atoms with E-state index in [1.54, 1.807) is 26.2 Å². The number of hydrogen-bond donors (Lipinski definition) is 2. The number of hydrogen-bond acceptors (Lipinski definition) is 3. The molecule has 0 amide bonds. The molecule has 0 radical (unpaired) electrons. The second kappa shape index (κ2) is 5.72. The van der Waals surface area contributed by atoms with E-state index in [1.165, 1.54) is 12.1 Å². The highest BCUT2D eigenvalue weighted by atomic mass is 16.5. The molecule has 0 bridgehead atoms. The third kappa shape index (κ3) is 3.72. The molecule has 2 rings (SSSR count). The Morgan fingerprint density at radius 1 is 1.15 bits per heavy atom. The second-order valence-corrected chi connectivity index (χ2v) is 6.59. The average molecular weight is 279 g/mol. The maximum Gasteiger partial charge on any atom is 0.118 e. The van der Waals surface area contributed by atoms with E-state index in [-0.39, 0.29) is 16.3 Å². The highest BCUT2D eigenvalue weighted by Crippen LogP contribution is 2.41. The summed E-state index contributed by atoms with van der Waals surface area (Å²) >= 11 is 0. The van der Waals surface area contributed by atoms with Gasteiger partial charge in [0.25, 0.3) is 0 Å². The summed E-state index contributed by atoms with van der Waals surface area (Å²) in [4.78, 5) is 0. The van der Waals surface area contributed by atoms with Gasteiger partial charge in [0, 0.05) is 0 Å². The molecule has 0 heterocycles. The predicted octanol–water partition coefficient (Wildman–Crippen LogP) is 2.00. The van der Waals surface area contributed by atoms with Crippen molar-refractivity contribution in [3.63, 3.8) is 0 Å². The molecular weight excluding hydrogens is 254 g/mol. The van der Waals surface area contributed by atoms with Crippen molar-refractivity contribution < 1.29 is 20.1 Å². The summed E-state index contributed by atoms with van der Waals surface area (Å²) in [6.45, 7) is 0.439. The SMILES string of the molecule is C[N+](C)(O)CC(c1ccc([O-])cc1)C1(O)CCCCC1. The molecule has 1 aromatic carbocycles. The Bertz CT molecular complexity index is 430. The van der Waals surface area contributed by atoms with E-state index in [2.05, 4.69) is 0 Å². The van der Waals surface area contributed by atoms with Crippen LogP contribution < -0.4 is 5.11 Å². The van der Waals surface area contributed by atoms with Crippen molar-refractivity contribution in [3.05, 3.63) is 29.8 Å². The number of rotatable bonds is 4. The van der Waals surface area contributed by atoms with Crippen LogP contribution in [-0.2, 0) is 0 Å². The molecule has 1 fully saturated rings. The number of quaternary nitrogens is 1. The Hall–Kier alpha value is -1.10. The summed E-state index contributed by atoms with van der Waals surface area (Å²) in [7, 11) is 3.42. The molecule has 1 aliphatic carbocycles. The van der Waals surface area contributed by atoms with Gasteiger partial charge >= 0.3 is 0 Å². The van der Waals surface area contributed by atoms with Gasteiger partial charge in [-0.3, -0.25) is 0 Å². The van der Waals surface area contributed by atoms with Gasteiger partial charge in [-0.15, -0.1) is 5.75 Å². The Labute approximate surface area is 120 Å². The minimum atomic E-state index is -0.777. The van der Waals surface area contributed by atoms with Crippen LogP contribution in [0.25, 0.3) is 0 Å². The van der Waals surface area contributed by atoms with Crippen LogP contribution in [0.1, 0.15) is 43.6 Å². The van der Waals surface area contributed by atoms with Crippen LogP contribution in [0.2, 0.25) is 0 Å². The van der Waals surface area contributed by atoms with Gasteiger partial charge < -0.3 is 10.2 Å². The fourth-order valence-corrected chi connectivity index (χ4v) is 3.24. The quantitative estimate of drug-likeness (QED) is 0.654.